The number of rotatable bonds is 7. The van der Waals surface area contributed by atoms with Gasteiger partial charge in [-0.25, -0.2) is 4.98 Å². The summed E-state index contributed by atoms with van der Waals surface area (Å²) in [4.78, 5) is 7.33. The highest BCUT2D eigenvalue weighted by Crippen LogP contribution is 2.33. The van der Waals surface area contributed by atoms with E-state index in [1.807, 2.05) is 12.5 Å². The molecule has 0 aliphatic carbocycles. The van der Waals surface area contributed by atoms with Crippen LogP contribution in [0, 0.1) is 6.92 Å². The summed E-state index contributed by atoms with van der Waals surface area (Å²) in [5, 5.41) is 4.65. The molecule has 148 valence electrons. The van der Waals surface area contributed by atoms with Crippen molar-refractivity contribution in [3.8, 4) is 22.5 Å². The Morgan fingerprint density at radius 3 is 2.68 bits per heavy atom. The lowest BCUT2D eigenvalue weighted by atomic mass is 10.0. The maximum atomic E-state index is 4.84. The second-order valence-corrected chi connectivity index (χ2v) is 7.93. The number of imidazole rings is 1. The zero-order valence-corrected chi connectivity index (χ0v) is 17.3. The van der Waals surface area contributed by atoms with Crippen molar-refractivity contribution >= 4 is 0 Å². The van der Waals surface area contributed by atoms with Crippen molar-refractivity contribution in [1.82, 2.24) is 24.2 Å². The highest BCUT2D eigenvalue weighted by atomic mass is 15.3. The Balaban J connectivity index is 1.71. The first-order valence-corrected chi connectivity index (χ1v) is 10.5. The van der Waals surface area contributed by atoms with Gasteiger partial charge in [0.2, 0.25) is 0 Å². The van der Waals surface area contributed by atoms with E-state index in [4.69, 9.17) is 4.98 Å². The summed E-state index contributed by atoms with van der Waals surface area (Å²) < 4.78 is 4.46. The van der Waals surface area contributed by atoms with Gasteiger partial charge < -0.3 is 9.47 Å². The van der Waals surface area contributed by atoms with Gasteiger partial charge in [-0.05, 0) is 46.2 Å². The van der Waals surface area contributed by atoms with Crippen molar-refractivity contribution in [2.45, 2.75) is 58.7 Å². The van der Waals surface area contributed by atoms with Gasteiger partial charge in [-0.15, -0.1) is 0 Å². The Kier molecular flexibility index (Phi) is 5.62. The fraction of sp³-hybridized carbons (Fsp3) is 0.478. The molecule has 0 bridgehead atoms. The van der Waals surface area contributed by atoms with Gasteiger partial charge in [0, 0.05) is 36.0 Å². The number of hydrogen-bond donors (Lipinski definition) is 0. The van der Waals surface area contributed by atoms with E-state index in [2.05, 4.69) is 70.5 Å². The topological polar surface area (TPSA) is 38.9 Å². The van der Waals surface area contributed by atoms with E-state index in [0.29, 0.717) is 6.04 Å². The molecule has 4 rings (SSSR count). The van der Waals surface area contributed by atoms with Gasteiger partial charge >= 0.3 is 0 Å². The molecular formula is C23H31N5. The quantitative estimate of drug-likeness (QED) is 0.603. The van der Waals surface area contributed by atoms with Gasteiger partial charge in [0.1, 0.15) is 0 Å². The summed E-state index contributed by atoms with van der Waals surface area (Å²) in [5.41, 5.74) is 5.84. The maximum Gasteiger partial charge on any atom is 0.0964 e. The van der Waals surface area contributed by atoms with Gasteiger partial charge in [-0.2, -0.15) is 5.10 Å². The largest absolute Gasteiger partial charge is 0.330 e. The number of likely N-dealkylation sites (tertiary alicyclic amines) is 1. The third-order valence-electron chi connectivity index (χ3n) is 6.05. The standard InChI is InChI=1S/C23H31N5/c1-4-13-28-18(2)21(16-25-28)23-22(19-9-6-5-7-10-19)24-17-27(23)15-12-20-11-8-14-26(20)3/h5-7,9-10,16-17,20H,4,8,11-15H2,1-3H3. The lowest BCUT2D eigenvalue weighted by molar-refractivity contribution is 0.286. The fourth-order valence-corrected chi connectivity index (χ4v) is 4.39. The maximum absolute atomic E-state index is 4.84. The van der Waals surface area contributed by atoms with Gasteiger partial charge in [-0.1, -0.05) is 37.3 Å². The molecule has 28 heavy (non-hydrogen) atoms. The summed E-state index contributed by atoms with van der Waals surface area (Å²) in [5.74, 6) is 0. The van der Waals surface area contributed by atoms with Crippen LogP contribution in [0.3, 0.4) is 0 Å². The number of aryl methyl sites for hydroxylation is 2. The van der Waals surface area contributed by atoms with Gasteiger partial charge in [-0.3, -0.25) is 4.68 Å². The Bertz CT molecular complexity index is 908. The van der Waals surface area contributed by atoms with Crippen molar-refractivity contribution in [2.24, 2.45) is 0 Å². The Hall–Kier alpha value is -2.40. The second kappa shape index (κ2) is 8.31. The zero-order chi connectivity index (χ0) is 19.5. The molecule has 0 N–H and O–H groups in total. The third-order valence-corrected chi connectivity index (χ3v) is 6.05. The van der Waals surface area contributed by atoms with Crippen LogP contribution in [0.25, 0.3) is 22.5 Å². The van der Waals surface area contributed by atoms with E-state index in [0.717, 1.165) is 37.2 Å². The van der Waals surface area contributed by atoms with Crippen LogP contribution in [0.4, 0.5) is 0 Å². The van der Waals surface area contributed by atoms with Crippen LogP contribution in [0.1, 0.15) is 38.3 Å². The first kappa shape index (κ1) is 18.9. The molecule has 1 aliphatic heterocycles. The average molecular weight is 378 g/mol. The summed E-state index contributed by atoms with van der Waals surface area (Å²) in [6, 6.07) is 11.2. The van der Waals surface area contributed by atoms with Gasteiger partial charge in [0.25, 0.3) is 0 Å². The number of hydrogen-bond acceptors (Lipinski definition) is 3. The predicted molar refractivity (Wildman–Crippen MR) is 114 cm³/mol. The van der Waals surface area contributed by atoms with E-state index in [9.17, 15) is 0 Å². The SMILES string of the molecule is CCCn1ncc(-c2c(-c3ccccc3)ncn2CCC2CCCN2C)c1C. The average Bonchev–Trinajstić information content (AvgIpc) is 3.41. The van der Waals surface area contributed by atoms with Gasteiger partial charge in [0.05, 0.1) is 23.9 Å². The molecular weight excluding hydrogens is 346 g/mol. The minimum atomic E-state index is 0.680. The molecule has 3 heterocycles. The lowest BCUT2D eigenvalue weighted by Gasteiger charge is -2.20. The van der Waals surface area contributed by atoms with Crippen LogP contribution >= 0.6 is 0 Å². The molecule has 5 nitrogen and oxygen atoms in total. The van der Waals surface area contributed by atoms with Crippen molar-refractivity contribution in [3.05, 3.63) is 48.5 Å². The fourth-order valence-electron chi connectivity index (χ4n) is 4.39. The van der Waals surface area contributed by atoms with Crippen molar-refractivity contribution in [1.29, 1.82) is 0 Å². The molecule has 1 atom stereocenters. The van der Waals surface area contributed by atoms with Crippen LogP contribution < -0.4 is 0 Å². The molecule has 1 aliphatic rings. The molecule has 5 heteroatoms. The Labute approximate surface area is 168 Å². The van der Waals surface area contributed by atoms with Gasteiger partial charge in [0.15, 0.2) is 0 Å². The monoisotopic (exact) mass is 377 g/mol. The van der Waals surface area contributed by atoms with E-state index >= 15 is 0 Å². The lowest BCUT2D eigenvalue weighted by Crippen LogP contribution is -2.26. The smallest absolute Gasteiger partial charge is 0.0964 e. The second-order valence-electron chi connectivity index (χ2n) is 7.93. The Morgan fingerprint density at radius 1 is 1.14 bits per heavy atom. The molecule has 0 radical (unpaired) electrons. The van der Waals surface area contributed by atoms with Crippen molar-refractivity contribution < 1.29 is 0 Å². The van der Waals surface area contributed by atoms with E-state index < -0.39 is 0 Å². The normalized spacial score (nSPS) is 17.5. The highest BCUT2D eigenvalue weighted by Gasteiger charge is 2.23. The number of nitrogens with zero attached hydrogens (tertiary/aromatic N) is 5. The minimum absolute atomic E-state index is 0.680. The van der Waals surface area contributed by atoms with Crippen molar-refractivity contribution in [3.63, 3.8) is 0 Å². The minimum Gasteiger partial charge on any atom is -0.330 e. The molecule has 3 aromatic rings. The molecule has 1 aromatic carbocycles. The third kappa shape index (κ3) is 3.63. The molecule has 0 amide bonds. The molecule has 0 spiro atoms. The Morgan fingerprint density at radius 2 is 1.96 bits per heavy atom. The number of benzene rings is 1. The van der Waals surface area contributed by atoms with Crippen LogP contribution in [-0.2, 0) is 13.1 Å². The van der Waals surface area contributed by atoms with E-state index in [-0.39, 0.29) is 0 Å². The first-order valence-electron chi connectivity index (χ1n) is 10.5. The van der Waals surface area contributed by atoms with Crippen LogP contribution in [0.15, 0.2) is 42.9 Å². The molecule has 0 saturated carbocycles. The highest BCUT2D eigenvalue weighted by molar-refractivity contribution is 5.79. The molecule has 1 saturated heterocycles. The summed E-state index contributed by atoms with van der Waals surface area (Å²) in [7, 11) is 2.25. The number of aromatic nitrogens is 4. The summed E-state index contributed by atoms with van der Waals surface area (Å²) >= 11 is 0. The van der Waals surface area contributed by atoms with E-state index in [1.165, 1.54) is 36.3 Å². The van der Waals surface area contributed by atoms with Crippen LogP contribution in [0.2, 0.25) is 0 Å². The van der Waals surface area contributed by atoms with E-state index in [1.54, 1.807) is 0 Å². The molecule has 2 aromatic heterocycles. The zero-order valence-electron chi connectivity index (χ0n) is 17.3. The van der Waals surface area contributed by atoms with Crippen molar-refractivity contribution in [2.75, 3.05) is 13.6 Å². The summed E-state index contributed by atoms with van der Waals surface area (Å²) in [6.45, 7) is 7.53. The molecule has 1 fully saturated rings. The first-order chi connectivity index (χ1) is 13.7. The molecule has 1 unspecified atom stereocenters. The van der Waals surface area contributed by atoms with Crippen LogP contribution in [0.5, 0.6) is 0 Å². The predicted octanol–water partition coefficient (Wildman–Crippen LogP) is 4.62. The van der Waals surface area contributed by atoms with Crippen LogP contribution in [-0.4, -0.2) is 43.9 Å². The summed E-state index contributed by atoms with van der Waals surface area (Å²) in [6.07, 6.45) is 8.91.